The Morgan fingerprint density at radius 3 is 2.65 bits per heavy atom. The normalized spacial score (nSPS) is 20.4. The highest BCUT2D eigenvalue weighted by Crippen LogP contribution is 2.39. The van der Waals surface area contributed by atoms with Gasteiger partial charge in [-0.05, 0) is 43.2 Å². The van der Waals surface area contributed by atoms with Crippen molar-refractivity contribution in [2.75, 3.05) is 6.54 Å². The van der Waals surface area contributed by atoms with Crippen LogP contribution in [0.3, 0.4) is 0 Å². The summed E-state index contributed by atoms with van der Waals surface area (Å²) in [6.45, 7) is 4.67. The number of carbonyl (C=O) groups is 1. The highest BCUT2D eigenvalue weighted by atomic mass is 35.5. The molecule has 110 valence electrons. The number of hydrogen-bond acceptors (Lipinski definition) is 3. The molecule has 0 saturated heterocycles. The van der Waals surface area contributed by atoms with E-state index in [0.29, 0.717) is 18.4 Å². The fraction of sp³-hybridized carbons (Fsp3) is 0.600. The molecule has 0 radical (unpaired) electrons. The lowest BCUT2D eigenvalue weighted by molar-refractivity contribution is -0.0233. The summed E-state index contributed by atoms with van der Waals surface area (Å²) in [7, 11) is 0. The van der Waals surface area contributed by atoms with Gasteiger partial charge in [-0.2, -0.15) is 0 Å². The molecular weight excluding hydrogens is 276 g/mol. The maximum Gasteiger partial charge on any atom is 0.254 e. The molecule has 1 aliphatic rings. The van der Waals surface area contributed by atoms with Crippen LogP contribution < -0.4 is 5.32 Å². The molecule has 1 aromatic heterocycles. The Kier molecular flexibility index (Phi) is 4.35. The highest BCUT2D eigenvalue weighted by Gasteiger charge is 2.36. The molecule has 1 heterocycles. The van der Waals surface area contributed by atoms with E-state index in [1.54, 1.807) is 12.1 Å². The summed E-state index contributed by atoms with van der Waals surface area (Å²) < 4.78 is 0. The first-order valence-electron chi connectivity index (χ1n) is 6.93. The Bertz CT molecular complexity index is 492. The first kappa shape index (κ1) is 15.3. The van der Waals surface area contributed by atoms with Crippen LogP contribution in [-0.4, -0.2) is 28.1 Å². The fourth-order valence-electron chi connectivity index (χ4n) is 2.46. The molecule has 4 nitrogen and oxygen atoms in total. The van der Waals surface area contributed by atoms with E-state index in [9.17, 15) is 9.90 Å². The third-order valence-electron chi connectivity index (χ3n) is 4.12. The maximum atomic E-state index is 12.0. The minimum Gasteiger partial charge on any atom is -0.388 e. The molecule has 1 amide bonds. The molecule has 20 heavy (non-hydrogen) atoms. The van der Waals surface area contributed by atoms with Gasteiger partial charge in [0.25, 0.3) is 5.91 Å². The number of nitrogens with zero attached hydrogens (tertiary/aromatic N) is 1. The summed E-state index contributed by atoms with van der Waals surface area (Å²) in [5.41, 5.74) is -0.183. The summed E-state index contributed by atoms with van der Waals surface area (Å²) in [5.74, 6) is -0.290. The second-order valence-corrected chi connectivity index (χ2v) is 6.77. The van der Waals surface area contributed by atoms with Gasteiger partial charge in [0.2, 0.25) is 0 Å². The zero-order valence-corrected chi connectivity index (χ0v) is 12.7. The fourth-order valence-corrected chi connectivity index (χ4v) is 2.67. The van der Waals surface area contributed by atoms with E-state index < -0.39 is 5.60 Å². The average molecular weight is 297 g/mol. The van der Waals surface area contributed by atoms with E-state index in [0.717, 1.165) is 12.8 Å². The molecule has 2 rings (SSSR count). The quantitative estimate of drug-likeness (QED) is 0.843. The van der Waals surface area contributed by atoms with Crippen molar-refractivity contribution in [1.82, 2.24) is 10.3 Å². The molecule has 0 bridgehead atoms. The zero-order valence-electron chi connectivity index (χ0n) is 11.9. The number of nitrogens with one attached hydrogen (secondary N) is 1. The summed E-state index contributed by atoms with van der Waals surface area (Å²) >= 11 is 5.88. The van der Waals surface area contributed by atoms with Crippen LogP contribution in [-0.2, 0) is 0 Å². The number of amides is 1. The predicted octanol–water partition coefficient (Wildman–Crippen LogP) is 2.80. The lowest BCUT2D eigenvalue weighted by atomic mass is 9.71. The molecule has 1 aromatic rings. The van der Waals surface area contributed by atoms with Crippen LogP contribution in [0.1, 0.15) is 49.9 Å². The SMILES string of the molecule is CC1(C)CCC(O)(CNC(=O)c2cccnc2Cl)CC1. The first-order valence-corrected chi connectivity index (χ1v) is 7.30. The topological polar surface area (TPSA) is 62.2 Å². The van der Waals surface area contributed by atoms with E-state index in [4.69, 9.17) is 11.6 Å². The van der Waals surface area contributed by atoms with Crippen molar-refractivity contribution in [2.45, 2.75) is 45.1 Å². The summed E-state index contributed by atoms with van der Waals surface area (Å²) in [4.78, 5) is 15.9. The lowest BCUT2D eigenvalue weighted by Gasteiger charge is -2.40. The predicted molar refractivity (Wildman–Crippen MR) is 78.8 cm³/mol. The molecule has 1 aliphatic carbocycles. The Morgan fingerprint density at radius 1 is 1.40 bits per heavy atom. The molecule has 0 unspecified atom stereocenters. The van der Waals surface area contributed by atoms with Crippen molar-refractivity contribution in [3.8, 4) is 0 Å². The van der Waals surface area contributed by atoms with Gasteiger partial charge in [-0.3, -0.25) is 4.79 Å². The van der Waals surface area contributed by atoms with Gasteiger partial charge in [-0.15, -0.1) is 0 Å². The smallest absolute Gasteiger partial charge is 0.254 e. The van der Waals surface area contributed by atoms with E-state index >= 15 is 0 Å². The van der Waals surface area contributed by atoms with Gasteiger partial charge in [0.05, 0.1) is 11.2 Å². The van der Waals surface area contributed by atoms with Crippen LogP contribution in [0.4, 0.5) is 0 Å². The first-order chi connectivity index (χ1) is 9.31. The van der Waals surface area contributed by atoms with Crippen LogP contribution in [0.2, 0.25) is 5.15 Å². The number of aliphatic hydroxyl groups is 1. The maximum absolute atomic E-state index is 12.0. The van der Waals surface area contributed by atoms with Crippen molar-refractivity contribution in [3.05, 3.63) is 29.0 Å². The van der Waals surface area contributed by atoms with Crippen LogP contribution in [0.5, 0.6) is 0 Å². The Balaban J connectivity index is 1.92. The summed E-state index contributed by atoms with van der Waals surface area (Å²) in [5, 5.41) is 13.5. The van der Waals surface area contributed by atoms with Gasteiger partial charge in [-0.1, -0.05) is 25.4 Å². The Hall–Kier alpha value is -1.13. The number of rotatable bonds is 3. The van der Waals surface area contributed by atoms with Crippen molar-refractivity contribution in [3.63, 3.8) is 0 Å². The number of aromatic nitrogens is 1. The van der Waals surface area contributed by atoms with E-state index in [2.05, 4.69) is 24.1 Å². The number of hydrogen-bond donors (Lipinski definition) is 2. The average Bonchev–Trinajstić information content (AvgIpc) is 2.41. The molecule has 0 aromatic carbocycles. The van der Waals surface area contributed by atoms with Gasteiger partial charge in [-0.25, -0.2) is 4.98 Å². The molecular formula is C15H21ClN2O2. The van der Waals surface area contributed by atoms with Gasteiger partial charge in [0.15, 0.2) is 0 Å². The number of pyridine rings is 1. The summed E-state index contributed by atoms with van der Waals surface area (Å²) in [6, 6.07) is 3.29. The van der Waals surface area contributed by atoms with Crippen molar-refractivity contribution in [2.24, 2.45) is 5.41 Å². The molecule has 0 spiro atoms. The summed E-state index contributed by atoms with van der Waals surface area (Å²) in [6.07, 6.45) is 4.89. The standard InChI is InChI=1S/C15H21ClN2O2/c1-14(2)5-7-15(20,8-6-14)10-18-13(19)11-4-3-9-17-12(11)16/h3-4,9,20H,5-8,10H2,1-2H3,(H,18,19). The third-order valence-corrected chi connectivity index (χ3v) is 4.42. The van der Waals surface area contributed by atoms with E-state index in [-0.39, 0.29) is 23.0 Å². The number of halogens is 1. The van der Waals surface area contributed by atoms with Gasteiger partial charge < -0.3 is 10.4 Å². The highest BCUT2D eigenvalue weighted by molar-refractivity contribution is 6.32. The van der Waals surface area contributed by atoms with E-state index in [1.165, 1.54) is 6.20 Å². The minimum atomic E-state index is -0.806. The molecule has 2 N–H and O–H groups in total. The third kappa shape index (κ3) is 3.70. The number of carbonyl (C=O) groups excluding carboxylic acids is 1. The van der Waals surface area contributed by atoms with Gasteiger partial charge in [0.1, 0.15) is 5.15 Å². The van der Waals surface area contributed by atoms with Crippen LogP contribution in [0.25, 0.3) is 0 Å². The lowest BCUT2D eigenvalue weighted by Crippen LogP contribution is -2.46. The van der Waals surface area contributed by atoms with Gasteiger partial charge in [0, 0.05) is 12.7 Å². The zero-order chi connectivity index (χ0) is 14.8. The molecule has 5 heteroatoms. The van der Waals surface area contributed by atoms with E-state index in [1.807, 2.05) is 0 Å². The Labute approximate surface area is 124 Å². The van der Waals surface area contributed by atoms with Crippen molar-refractivity contribution < 1.29 is 9.90 Å². The van der Waals surface area contributed by atoms with Crippen molar-refractivity contribution >= 4 is 17.5 Å². The van der Waals surface area contributed by atoms with Crippen LogP contribution in [0, 0.1) is 5.41 Å². The van der Waals surface area contributed by atoms with Crippen LogP contribution in [0.15, 0.2) is 18.3 Å². The Morgan fingerprint density at radius 2 is 2.05 bits per heavy atom. The molecule has 1 fully saturated rings. The molecule has 1 saturated carbocycles. The minimum absolute atomic E-state index is 0.182. The van der Waals surface area contributed by atoms with Crippen LogP contribution >= 0.6 is 11.6 Å². The van der Waals surface area contributed by atoms with Gasteiger partial charge >= 0.3 is 0 Å². The van der Waals surface area contributed by atoms with Crippen molar-refractivity contribution in [1.29, 1.82) is 0 Å². The molecule has 0 atom stereocenters. The second-order valence-electron chi connectivity index (χ2n) is 6.41. The molecule has 0 aliphatic heterocycles. The second kappa shape index (κ2) is 5.70. The monoisotopic (exact) mass is 296 g/mol. The largest absolute Gasteiger partial charge is 0.388 e.